The molecule has 15 heavy (non-hydrogen) atoms. The minimum Gasteiger partial charge on any atom is -0.392 e. The number of aliphatic hydroxyl groups is 1. The Morgan fingerprint density at radius 1 is 1.33 bits per heavy atom. The number of hydrogen-bond donors (Lipinski definition) is 2. The van der Waals surface area contributed by atoms with E-state index in [0.29, 0.717) is 12.0 Å². The second kappa shape index (κ2) is 5.19. The molecule has 0 radical (unpaired) electrons. The zero-order valence-corrected chi connectivity index (χ0v) is 8.85. The minimum atomic E-state index is -0.955. The molecule has 1 atom stereocenters. The highest BCUT2D eigenvalue weighted by molar-refractivity contribution is 5.28. The molecule has 0 saturated heterocycles. The molecule has 0 aliphatic carbocycles. The summed E-state index contributed by atoms with van der Waals surface area (Å²) in [4.78, 5) is 0. The van der Waals surface area contributed by atoms with Crippen molar-refractivity contribution in [2.45, 2.75) is 26.0 Å². The van der Waals surface area contributed by atoms with Crippen molar-refractivity contribution in [2.75, 3.05) is 7.05 Å². The zero-order valence-electron chi connectivity index (χ0n) is 8.85. The highest BCUT2D eigenvalue weighted by atomic mass is 19.2. The standard InChI is InChI=1S/C11H15F2NO/c1-3-9(14-2)8-5-4-7(6-15)10(12)11(8)13/h4-5,9,14-15H,3,6H2,1-2H3. The van der Waals surface area contributed by atoms with Gasteiger partial charge < -0.3 is 10.4 Å². The first-order valence-corrected chi connectivity index (χ1v) is 4.90. The van der Waals surface area contributed by atoms with Gasteiger partial charge >= 0.3 is 0 Å². The van der Waals surface area contributed by atoms with Gasteiger partial charge in [-0.05, 0) is 13.5 Å². The molecule has 4 heteroatoms. The molecule has 2 nitrogen and oxygen atoms in total. The van der Waals surface area contributed by atoms with Crippen molar-refractivity contribution < 1.29 is 13.9 Å². The van der Waals surface area contributed by atoms with E-state index in [0.717, 1.165) is 0 Å². The van der Waals surface area contributed by atoms with E-state index in [1.54, 1.807) is 7.05 Å². The molecule has 0 aliphatic rings. The summed E-state index contributed by atoms with van der Waals surface area (Å²) < 4.78 is 26.9. The van der Waals surface area contributed by atoms with E-state index in [1.807, 2.05) is 6.92 Å². The molecule has 1 unspecified atom stereocenters. The highest BCUT2D eigenvalue weighted by Crippen LogP contribution is 2.23. The van der Waals surface area contributed by atoms with Crippen LogP contribution < -0.4 is 5.32 Å². The number of aliphatic hydroxyl groups excluding tert-OH is 1. The Kier molecular flexibility index (Phi) is 4.17. The lowest BCUT2D eigenvalue weighted by Gasteiger charge is -2.16. The van der Waals surface area contributed by atoms with E-state index in [9.17, 15) is 8.78 Å². The number of nitrogens with one attached hydrogen (secondary N) is 1. The lowest BCUT2D eigenvalue weighted by Crippen LogP contribution is -2.17. The first-order chi connectivity index (χ1) is 7.15. The molecule has 0 fully saturated rings. The van der Waals surface area contributed by atoms with Crippen LogP contribution in [0.1, 0.15) is 30.5 Å². The maximum atomic E-state index is 13.5. The van der Waals surface area contributed by atoms with Crippen molar-refractivity contribution >= 4 is 0 Å². The first-order valence-electron chi connectivity index (χ1n) is 4.90. The number of hydrogen-bond acceptors (Lipinski definition) is 2. The van der Waals surface area contributed by atoms with Gasteiger partial charge in [0.05, 0.1) is 6.61 Å². The van der Waals surface area contributed by atoms with Gasteiger partial charge in [0.25, 0.3) is 0 Å². The molecule has 0 amide bonds. The SMILES string of the molecule is CCC(NC)c1ccc(CO)c(F)c1F. The molecule has 0 aromatic heterocycles. The van der Waals surface area contributed by atoms with Gasteiger partial charge in [-0.15, -0.1) is 0 Å². The van der Waals surface area contributed by atoms with Crippen LogP contribution in [0.5, 0.6) is 0 Å². The Bertz CT molecular complexity index is 338. The second-order valence-corrected chi connectivity index (χ2v) is 3.35. The molecule has 0 bridgehead atoms. The lowest BCUT2D eigenvalue weighted by atomic mass is 10.0. The van der Waals surface area contributed by atoms with E-state index in [2.05, 4.69) is 5.32 Å². The van der Waals surface area contributed by atoms with Crippen molar-refractivity contribution in [2.24, 2.45) is 0 Å². The fourth-order valence-corrected chi connectivity index (χ4v) is 1.58. The fraction of sp³-hybridized carbons (Fsp3) is 0.455. The Hall–Kier alpha value is -1.00. The normalized spacial score (nSPS) is 12.9. The maximum absolute atomic E-state index is 13.5. The average Bonchev–Trinajstić information content (AvgIpc) is 2.26. The molecule has 0 saturated carbocycles. The van der Waals surface area contributed by atoms with Crippen LogP contribution in [0, 0.1) is 11.6 Å². The molecule has 1 aromatic rings. The topological polar surface area (TPSA) is 32.3 Å². The van der Waals surface area contributed by atoms with E-state index in [-0.39, 0.29) is 11.6 Å². The molecule has 0 heterocycles. The summed E-state index contributed by atoms with van der Waals surface area (Å²) in [6.07, 6.45) is 0.672. The van der Waals surface area contributed by atoms with Crippen LogP contribution in [0.3, 0.4) is 0 Å². The molecular weight excluding hydrogens is 200 g/mol. The molecule has 1 rings (SSSR count). The molecule has 0 aliphatic heterocycles. The molecule has 2 N–H and O–H groups in total. The Labute approximate surface area is 87.9 Å². The van der Waals surface area contributed by atoms with Gasteiger partial charge in [-0.3, -0.25) is 0 Å². The van der Waals surface area contributed by atoms with Crippen LogP contribution in [0.2, 0.25) is 0 Å². The van der Waals surface area contributed by atoms with E-state index in [1.165, 1.54) is 12.1 Å². The predicted octanol–water partition coefficient (Wildman–Crippen LogP) is 2.13. The largest absolute Gasteiger partial charge is 0.392 e. The average molecular weight is 215 g/mol. The maximum Gasteiger partial charge on any atom is 0.164 e. The van der Waals surface area contributed by atoms with Gasteiger partial charge in [0.1, 0.15) is 0 Å². The van der Waals surface area contributed by atoms with Crippen LogP contribution in [0.25, 0.3) is 0 Å². The van der Waals surface area contributed by atoms with Crippen LogP contribution in [0.4, 0.5) is 8.78 Å². The lowest BCUT2D eigenvalue weighted by molar-refractivity contribution is 0.273. The highest BCUT2D eigenvalue weighted by Gasteiger charge is 2.17. The fourth-order valence-electron chi connectivity index (χ4n) is 1.58. The molecule has 0 spiro atoms. The monoisotopic (exact) mass is 215 g/mol. The van der Waals surface area contributed by atoms with Gasteiger partial charge in [0.15, 0.2) is 11.6 Å². The van der Waals surface area contributed by atoms with Crippen LogP contribution in [-0.2, 0) is 6.61 Å². The quantitative estimate of drug-likeness (QED) is 0.806. The Morgan fingerprint density at radius 3 is 2.47 bits per heavy atom. The predicted molar refractivity (Wildman–Crippen MR) is 54.4 cm³/mol. The summed E-state index contributed by atoms with van der Waals surface area (Å²) in [6.45, 7) is 1.40. The van der Waals surface area contributed by atoms with Crippen molar-refractivity contribution in [1.82, 2.24) is 5.32 Å². The van der Waals surface area contributed by atoms with E-state index < -0.39 is 18.2 Å². The van der Waals surface area contributed by atoms with Crippen LogP contribution in [0.15, 0.2) is 12.1 Å². The third-order valence-corrected chi connectivity index (χ3v) is 2.49. The summed E-state index contributed by atoms with van der Waals surface area (Å²) in [5, 5.41) is 11.7. The Morgan fingerprint density at radius 2 is 2.00 bits per heavy atom. The van der Waals surface area contributed by atoms with Crippen LogP contribution >= 0.6 is 0 Å². The minimum absolute atomic E-state index is 0.0118. The second-order valence-electron chi connectivity index (χ2n) is 3.35. The van der Waals surface area contributed by atoms with Crippen molar-refractivity contribution in [3.05, 3.63) is 34.9 Å². The van der Waals surface area contributed by atoms with Gasteiger partial charge in [0.2, 0.25) is 0 Å². The summed E-state index contributed by atoms with van der Waals surface area (Å²) in [7, 11) is 1.70. The Balaban J connectivity index is 3.16. The summed E-state index contributed by atoms with van der Waals surface area (Å²) >= 11 is 0. The number of halogens is 2. The van der Waals surface area contributed by atoms with Crippen molar-refractivity contribution in [3.8, 4) is 0 Å². The summed E-state index contributed by atoms with van der Waals surface area (Å²) in [6, 6.07) is 2.72. The molecule has 1 aromatic carbocycles. The van der Waals surface area contributed by atoms with Gasteiger partial charge in [-0.25, -0.2) is 8.78 Å². The van der Waals surface area contributed by atoms with Crippen molar-refractivity contribution in [1.29, 1.82) is 0 Å². The van der Waals surface area contributed by atoms with E-state index in [4.69, 9.17) is 5.11 Å². The smallest absolute Gasteiger partial charge is 0.164 e. The summed E-state index contributed by atoms with van der Waals surface area (Å²) in [5.74, 6) is -1.83. The van der Waals surface area contributed by atoms with E-state index >= 15 is 0 Å². The van der Waals surface area contributed by atoms with Gasteiger partial charge in [-0.2, -0.15) is 0 Å². The molecular formula is C11H15F2NO. The van der Waals surface area contributed by atoms with Crippen LogP contribution in [-0.4, -0.2) is 12.2 Å². The zero-order chi connectivity index (χ0) is 11.4. The van der Waals surface area contributed by atoms with Crippen molar-refractivity contribution in [3.63, 3.8) is 0 Å². The number of benzene rings is 1. The van der Waals surface area contributed by atoms with Gasteiger partial charge in [0, 0.05) is 17.2 Å². The third kappa shape index (κ3) is 2.33. The van der Waals surface area contributed by atoms with Gasteiger partial charge in [-0.1, -0.05) is 19.1 Å². The first kappa shape index (κ1) is 12.1. The summed E-state index contributed by atoms with van der Waals surface area (Å²) in [5.41, 5.74) is 0.289. The molecule has 84 valence electrons. The third-order valence-electron chi connectivity index (χ3n) is 2.49. The number of rotatable bonds is 4.